The van der Waals surface area contributed by atoms with Gasteiger partial charge >= 0.3 is 0 Å². The molecule has 4 aliphatic rings. The third kappa shape index (κ3) is 2.64. The molecule has 4 aliphatic carbocycles. The number of carbonyl (C=O) groups excluding carboxylic acids is 4. The summed E-state index contributed by atoms with van der Waals surface area (Å²) in [5.74, 6) is 0.221. The maximum Gasteiger partial charge on any atom is 0.238 e. The number of benzene rings is 1. The van der Waals surface area contributed by atoms with Gasteiger partial charge in [-0.1, -0.05) is 27.7 Å². The SMILES string of the molecule is CC1(C)C(=O)[C@@]2(C(=O)Nc3ccc(NC(=O)[C@@]45CC[C@@H](C4)C(C)(C)C5=O)cc3)CC[C@@H]1C2. The molecule has 32 heavy (non-hydrogen) atoms. The van der Waals surface area contributed by atoms with Crippen LogP contribution in [-0.4, -0.2) is 23.4 Å². The summed E-state index contributed by atoms with van der Waals surface area (Å²) in [5.41, 5.74) is -1.49. The molecular formula is C26H32N2O4. The standard InChI is InChI=1S/C26H32N2O4/c1-23(2)15-9-11-25(13-15,19(23)29)21(31)27-17-5-7-18(8-6-17)28-22(32)26-12-10-16(14-26)24(3,4)20(26)30/h5-8,15-16H,9-14H2,1-4H3,(H,27,31)(H,28,32)/t15-,16+,25-,26+. The number of amides is 2. The first-order chi connectivity index (χ1) is 14.9. The largest absolute Gasteiger partial charge is 0.325 e. The molecule has 4 fully saturated rings. The lowest BCUT2D eigenvalue weighted by Crippen LogP contribution is -2.44. The highest BCUT2D eigenvalue weighted by atomic mass is 16.2. The van der Waals surface area contributed by atoms with E-state index in [9.17, 15) is 19.2 Å². The Hall–Kier alpha value is -2.50. The minimum Gasteiger partial charge on any atom is -0.325 e. The molecule has 4 saturated carbocycles. The molecule has 0 spiro atoms. The van der Waals surface area contributed by atoms with Gasteiger partial charge in [-0.25, -0.2) is 0 Å². The molecule has 6 heteroatoms. The Bertz CT molecular complexity index is 957. The van der Waals surface area contributed by atoms with Gasteiger partial charge in [0.15, 0.2) is 11.6 Å². The van der Waals surface area contributed by atoms with Crippen LogP contribution in [0.5, 0.6) is 0 Å². The molecule has 0 radical (unpaired) electrons. The van der Waals surface area contributed by atoms with Crippen LogP contribution in [0.1, 0.15) is 66.2 Å². The monoisotopic (exact) mass is 436 g/mol. The van der Waals surface area contributed by atoms with E-state index in [0.717, 1.165) is 12.8 Å². The molecule has 0 saturated heterocycles. The van der Waals surface area contributed by atoms with Gasteiger partial charge in [0.2, 0.25) is 11.8 Å². The number of Topliss-reactive ketones (excluding diaryl/α,β-unsaturated/α-hetero) is 2. The summed E-state index contributed by atoms with van der Waals surface area (Å²) >= 11 is 0. The molecule has 6 nitrogen and oxygen atoms in total. The van der Waals surface area contributed by atoms with E-state index < -0.39 is 21.7 Å². The van der Waals surface area contributed by atoms with Crippen molar-refractivity contribution in [1.82, 2.24) is 0 Å². The number of rotatable bonds is 4. The van der Waals surface area contributed by atoms with Crippen LogP contribution in [0, 0.1) is 33.5 Å². The number of anilines is 2. The van der Waals surface area contributed by atoms with Gasteiger partial charge < -0.3 is 10.6 Å². The van der Waals surface area contributed by atoms with Crippen LogP contribution in [-0.2, 0) is 19.2 Å². The maximum absolute atomic E-state index is 13.1. The average Bonchev–Trinajstić information content (AvgIpc) is 3.47. The van der Waals surface area contributed by atoms with Crippen molar-refractivity contribution in [2.24, 2.45) is 33.5 Å². The normalized spacial score (nSPS) is 35.9. The molecule has 4 bridgehead atoms. The molecular weight excluding hydrogens is 404 g/mol. The van der Waals surface area contributed by atoms with Crippen molar-refractivity contribution in [1.29, 1.82) is 0 Å². The minimum absolute atomic E-state index is 0.0564. The topological polar surface area (TPSA) is 92.3 Å². The zero-order chi connectivity index (χ0) is 23.1. The highest BCUT2D eigenvalue weighted by Crippen LogP contribution is 2.61. The van der Waals surface area contributed by atoms with Crippen molar-refractivity contribution in [2.75, 3.05) is 10.6 Å². The van der Waals surface area contributed by atoms with E-state index in [2.05, 4.69) is 10.6 Å². The van der Waals surface area contributed by atoms with E-state index in [1.165, 1.54) is 0 Å². The van der Waals surface area contributed by atoms with Gasteiger partial charge in [0.05, 0.1) is 0 Å². The Morgan fingerprint density at radius 1 is 0.719 bits per heavy atom. The Balaban J connectivity index is 1.27. The molecule has 5 rings (SSSR count). The quantitative estimate of drug-likeness (QED) is 0.686. The van der Waals surface area contributed by atoms with E-state index in [0.29, 0.717) is 37.1 Å². The number of nitrogens with one attached hydrogen (secondary N) is 2. The predicted molar refractivity (Wildman–Crippen MR) is 121 cm³/mol. The summed E-state index contributed by atoms with van der Waals surface area (Å²) < 4.78 is 0. The predicted octanol–water partition coefficient (Wildman–Crippen LogP) is 4.35. The van der Waals surface area contributed by atoms with Gasteiger partial charge in [-0.2, -0.15) is 0 Å². The number of hydrogen-bond donors (Lipinski definition) is 2. The number of hydrogen-bond acceptors (Lipinski definition) is 4. The van der Waals surface area contributed by atoms with Gasteiger partial charge in [-0.15, -0.1) is 0 Å². The Kier molecular flexibility index (Phi) is 4.35. The Labute approximate surface area is 188 Å². The van der Waals surface area contributed by atoms with Gasteiger partial charge in [-0.3, -0.25) is 19.2 Å². The van der Waals surface area contributed by atoms with Gasteiger partial charge in [0.25, 0.3) is 0 Å². The molecule has 2 N–H and O–H groups in total. The first-order valence-electron chi connectivity index (χ1n) is 11.8. The fourth-order valence-electron chi connectivity index (χ4n) is 7.10. The Morgan fingerprint density at radius 3 is 1.34 bits per heavy atom. The van der Waals surface area contributed by atoms with Crippen molar-refractivity contribution >= 4 is 34.8 Å². The second-order valence-corrected chi connectivity index (χ2v) is 11.6. The summed E-state index contributed by atoms with van der Waals surface area (Å²) in [6.07, 6.45) is 4.32. The lowest BCUT2D eigenvalue weighted by molar-refractivity contribution is -0.143. The fourth-order valence-corrected chi connectivity index (χ4v) is 7.10. The highest BCUT2D eigenvalue weighted by Gasteiger charge is 2.66. The van der Waals surface area contributed by atoms with Crippen molar-refractivity contribution < 1.29 is 19.2 Å². The summed E-state index contributed by atoms with van der Waals surface area (Å²) in [7, 11) is 0. The lowest BCUT2D eigenvalue weighted by Gasteiger charge is -2.32. The molecule has 2 amide bonds. The summed E-state index contributed by atoms with van der Waals surface area (Å²) in [4.78, 5) is 52.0. The van der Waals surface area contributed by atoms with Crippen molar-refractivity contribution in [2.45, 2.75) is 66.2 Å². The third-order valence-corrected chi connectivity index (χ3v) is 9.38. The van der Waals surface area contributed by atoms with Crippen molar-refractivity contribution in [3.63, 3.8) is 0 Å². The average molecular weight is 437 g/mol. The molecule has 1 aromatic carbocycles. The summed E-state index contributed by atoms with van der Waals surface area (Å²) in [6, 6.07) is 6.93. The molecule has 0 aromatic heterocycles. The Morgan fingerprint density at radius 2 is 1.06 bits per heavy atom. The fraction of sp³-hybridized carbons (Fsp3) is 0.615. The summed E-state index contributed by atoms with van der Waals surface area (Å²) in [6.45, 7) is 7.81. The summed E-state index contributed by atoms with van der Waals surface area (Å²) in [5, 5.41) is 5.85. The lowest BCUT2D eigenvalue weighted by atomic mass is 9.70. The highest BCUT2D eigenvalue weighted by molar-refractivity contribution is 6.16. The molecule has 170 valence electrons. The van der Waals surface area contributed by atoms with Gasteiger partial charge in [0, 0.05) is 22.2 Å². The van der Waals surface area contributed by atoms with Crippen LogP contribution in [0.15, 0.2) is 24.3 Å². The van der Waals surface area contributed by atoms with Crippen LogP contribution >= 0.6 is 0 Å². The number of carbonyl (C=O) groups is 4. The zero-order valence-electron chi connectivity index (χ0n) is 19.3. The van der Waals surface area contributed by atoms with Crippen LogP contribution < -0.4 is 10.6 Å². The minimum atomic E-state index is -0.908. The van der Waals surface area contributed by atoms with Gasteiger partial charge in [-0.05, 0) is 74.6 Å². The maximum atomic E-state index is 13.1. The van der Waals surface area contributed by atoms with Crippen LogP contribution in [0.25, 0.3) is 0 Å². The molecule has 0 aliphatic heterocycles. The second kappa shape index (κ2) is 6.52. The van der Waals surface area contributed by atoms with Crippen molar-refractivity contribution in [3.8, 4) is 0 Å². The first-order valence-corrected chi connectivity index (χ1v) is 11.8. The molecule has 0 heterocycles. The van der Waals surface area contributed by atoms with Crippen LogP contribution in [0.4, 0.5) is 11.4 Å². The third-order valence-electron chi connectivity index (χ3n) is 9.38. The smallest absolute Gasteiger partial charge is 0.238 e. The van der Waals surface area contributed by atoms with Crippen LogP contribution in [0.2, 0.25) is 0 Å². The number of fused-ring (bicyclic) bond motifs is 4. The van der Waals surface area contributed by atoms with E-state index in [-0.39, 0.29) is 35.2 Å². The van der Waals surface area contributed by atoms with E-state index in [1.54, 1.807) is 24.3 Å². The number of ketones is 2. The molecule has 0 unspecified atom stereocenters. The molecule has 4 atom stereocenters. The van der Waals surface area contributed by atoms with E-state index >= 15 is 0 Å². The van der Waals surface area contributed by atoms with Gasteiger partial charge in [0.1, 0.15) is 10.8 Å². The van der Waals surface area contributed by atoms with E-state index in [4.69, 9.17) is 0 Å². The van der Waals surface area contributed by atoms with Crippen LogP contribution in [0.3, 0.4) is 0 Å². The second-order valence-electron chi connectivity index (χ2n) is 11.6. The zero-order valence-corrected chi connectivity index (χ0v) is 19.3. The van der Waals surface area contributed by atoms with E-state index in [1.807, 2.05) is 27.7 Å². The molecule has 1 aromatic rings. The van der Waals surface area contributed by atoms with Crippen molar-refractivity contribution in [3.05, 3.63) is 24.3 Å². The first kappa shape index (κ1) is 21.4.